The Labute approximate surface area is 90.1 Å². The Hall–Kier alpha value is 0.0969. The number of ether oxygens (including phenoxy) is 2. The van der Waals surface area contributed by atoms with Gasteiger partial charge in [0.2, 0.25) is 0 Å². The normalized spacial score (nSPS) is 18.6. The first-order valence-electron chi connectivity index (χ1n) is 5.56. The molecule has 0 N–H and O–H groups in total. The SMILES string of the molecule is CCC(C)OC(O[SiH2]C)OC(C)CC. The largest absolute Gasteiger partial charge is 0.379 e. The zero-order valence-corrected chi connectivity index (χ0v) is 11.5. The van der Waals surface area contributed by atoms with Crippen molar-refractivity contribution in [3.05, 3.63) is 0 Å². The summed E-state index contributed by atoms with van der Waals surface area (Å²) in [5, 5.41) is 0. The maximum absolute atomic E-state index is 5.60. The van der Waals surface area contributed by atoms with Crippen molar-refractivity contribution in [2.45, 2.75) is 65.8 Å². The van der Waals surface area contributed by atoms with E-state index in [1.54, 1.807) is 0 Å². The first kappa shape index (κ1) is 14.1. The van der Waals surface area contributed by atoms with Gasteiger partial charge in [0.05, 0.1) is 12.2 Å². The summed E-state index contributed by atoms with van der Waals surface area (Å²) in [7, 11) is -0.485. The van der Waals surface area contributed by atoms with Gasteiger partial charge in [-0.05, 0) is 26.7 Å². The summed E-state index contributed by atoms with van der Waals surface area (Å²) in [6.07, 6.45) is 2.36. The molecule has 0 amide bonds. The smallest absolute Gasteiger partial charge is 0.262 e. The summed E-state index contributed by atoms with van der Waals surface area (Å²) in [6, 6.07) is 0. The molecule has 0 saturated carbocycles. The van der Waals surface area contributed by atoms with Crippen LogP contribution in [0.2, 0.25) is 6.55 Å². The standard InChI is InChI=1S/C10H24O3Si/c1-6-8(3)11-10(13-14-5)12-9(4)7-2/h8-10H,6-7,14H2,1-5H3. The van der Waals surface area contributed by atoms with Crippen LogP contribution in [0, 0.1) is 0 Å². The second-order valence-electron chi connectivity index (χ2n) is 3.45. The molecule has 0 aliphatic carbocycles. The molecule has 0 fully saturated rings. The van der Waals surface area contributed by atoms with Gasteiger partial charge in [0.25, 0.3) is 6.48 Å². The average Bonchev–Trinajstić information content (AvgIpc) is 2.17. The van der Waals surface area contributed by atoms with E-state index in [0.717, 1.165) is 12.8 Å². The molecule has 0 spiro atoms. The molecule has 2 unspecified atom stereocenters. The predicted molar refractivity (Wildman–Crippen MR) is 61.0 cm³/mol. The van der Waals surface area contributed by atoms with Crippen molar-refractivity contribution in [3.8, 4) is 0 Å². The Morgan fingerprint density at radius 1 is 1.00 bits per heavy atom. The summed E-state index contributed by atoms with van der Waals surface area (Å²) in [4.78, 5) is 0. The molecule has 0 saturated heterocycles. The summed E-state index contributed by atoms with van der Waals surface area (Å²) in [5.41, 5.74) is 0. The van der Waals surface area contributed by atoms with Crippen LogP contribution >= 0.6 is 0 Å². The van der Waals surface area contributed by atoms with Crippen molar-refractivity contribution < 1.29 is 13.9 Å². The maximum Gasteiger partial charge on any atom is 0.262 e. The van der Waals surface area contributed by atoms with Crippen molar-refractivity contribution in [3.63, 3.8) is 0 Å². The third-order valence-electron chi connectivity index (χ3n) is 2.14. The molecule has 86 valence electrons. The molecule has 0 radical (unpaired) electrons. The molecule has 0 aliphatic heterocycles. The summed E-state index contributed by atoms with van der Waals surface area (Å²) < 4.78 is 16.7. The van der Waals surface area contributed by atoms with Crippen molar-refractivity contribution in [2.24, 2.45) is 0 Å². The third kappa shape index (κ3) is 6.54. The molecular formula is C10H24O3Si. The van der Waals surface area contributed by atoms with Crippen LogP contribution in [0.4, 0.5) is 0 Å². The van der Waals surface area contributed by atoms with Crippen LogP contribution in [0.15, 0.2) is 0 Å². The lowest BCUT2D eigenvalue weighted by Gasteiger charge is -2.24. The maximum atomic E-state index is 5.60. The van der Waals surface area contributed by atoms with E-state index in [2.05, 4.69) is 20.4 Å². The highest BCUT2D eigenvalue weighted by atomic mass is 28.2. The number of hydrogen-bond donors (Lipinski definition) is 0. The summed E-state index contributed by atoms with van der Waals surface area (Å²) in [6.45, 7) is 9.88. The average molecular weight is 220 g/mol. The van der Waals surface area contributed by atoms with Gasteiger partial charge < -0.3 is 13.9 Å². The highest BCUT2D eigenvalue weighted by Gasteiger charge is 2.14. The van der Waals surface area contributed by atoms with Gasteiger partial charge in [0.1, 0.15) is 0 Å². The van der Waals surface area contributed by atoms with Crippen molar-refractivity contribution >= 4 is 9.76 Å². The summed E-state index contributed by atoms with van der Waals surface area (Å²) in [5.74, 6) is 0. The van der Waals surface area contributed by atoms with Crippen LogP contribution in [-0.2, 0) is 13.9 Å². The van der Waals surface area contributed by atoms with Gasteiger partial charge in [-0.1, -0.05) is 20.4 Å². The fourth-order valence-electron chi connectivity index (χ4n) is 0.819. The third-order valence-corrected chi connectivity index (χ3v) is 2.74. The second-order valence-corrected chi connectivity index (χ2v) is 4.36. The zero-order chi connectivity index (χ0) is 11.0. The molecule has 0 aromatic carbocycles. The van der Waals surface area contributed by atoms with Gasteiger partial charge in [-0.25, -0.2) is 0 Å². The van der Waals surface area contributed by atoms with Gasteiger partial charge in [-0.2, -0.15) is 0 Å². The minimum atomic E-state index is -0.485. The molecular weight excluding hydrogens is 196 g/mol. The molecule has 0 aromatic rings. The van der Waals surface area contributed by atoms with Gasteiger partial charge in [0.15, 0.2) is 9.76 Å². The fourth-order valence-corrected chi connectivity index (χ4v) is 1.25. The number of hydrogen-bond acceptors (Lipinski definition) is 3. The van der Waals surface area contributed by atoms with Crippen LogP contribution in [0.25, 0.3) is 0 Å². The van der Waals surface area contributed by atoms with Crippen molar-refractivity contribution in [1.29, 1.82) is 0 Å². The molecule has 0 aromatic heterocycles. The van der Waals surface area contributed by atoms with E-state index in [-0.39, 0.29) is 12.2 Å². The van der Waals surface area contributed by atoms with Gasteiger partial charge in [-0.3, -0.25) is 0 Å². The predicted octanol–water partition coefficient (Wildman–Crippen LogP) is 2.05. The van der Waals surface area contributed by atoms with E-state index in [1.807, 2.05) is 13.8 Å². The lowest BCUT2D eigenvalue weighted by molar-refractivity contribution is -0.280. The van der Waals surface area contributed by atoms with Crippen molar-refractivity contribution in [2.75, 3.05) is 0 Å². The van der Waals surface area contributed by atoms with Gasteiger partial charge in [-0.15, -0.1) is 0 Å². The minimum Gasteiger partial charge on any atom is -0.379 e. The monoisotopic (exact) mass is 220 g/mol. The molecule has 0 aliphatic rings. The lowest BCUT2D eigenvalue weighted by atomic mass is 10.3. The Morgan fingerprint density at radius 3 is 1.71 bits per heavy atom. The van der Waals surface area contributed by atoms with E-state index < -0.39 is 16.2 Å². The van der Waals surface area contributed by atoms with E-state index in [1.165, 1.54) is 0 Å². The molecule has 2 atom stereocenters. The van der Waals surface area contributed by atoms with E-state index in [4.69, 9.17) is 13.9 Å². The van der Waals surface area contributed by atoms with Crippen LogP contribution in [0.3, 0.4) is 0 Å². The second kappa shape index (κ2) is 8.41. The quantitative estimate of drug-likeness (QED) is 0.463. The Balaban J connectivity index is 3.88. The highest BCUT2D eigenvalue weighted by Crippen LogP contribution is 2.09. The lowest BCUT2D eigenvalue weighted by Crippen LogP contribution is -2.29. The van der Waals surface area contributed by atoms with Crippen LogP contribution < -0.4 is 0 Å². The first-order valence-corrected chi connectivity index (χ1v) is 7.55. The van der Waals surface area contributed by atoms with Crippen LogP contribution in [0.5, 0.6) is 0 Å². The topological polar surface area (TPSA) is 27.7 Å². The summed E-state index contributed by atoms with van der Waals surface area (Å²) >= 11 is 0. The zero-order valence-electron chi connectivity index (χ0n) is 10.1. The van der Waals surface area contributed by atoms with Gasteiger partial charge >= 0.3 is 0 Å². The molecule has 14 heavy (non-hydrogen) atoms. The molecule has 3 nitrogen and oxygen atoms in total. The van der Waals surface area contributed by atoms with Gasteiger partial charge in [0, 0.05) is 0 Å². The minimum absolute atomic E-state index is 0.199. The Kier molecular flexibility index (Phi) is 8.47. The molecule has 0 bridgehead atoms. The Morgan fingerprint density at radius 2 is 1.43 bits per heavy atom. The van der Waals surface area contributed by atoms with E-state index in [0.29, 0.717) is 0 Å². The molecule has 0 heterocycles. The van der Waals surface area contributed by atoms with Crippen molar-refractivity contribution in [1.82, 2.24) is 0 Å². The molecule has 0 rings (SSSR count). The fraction of sp³-hybridized carbons (Fsp3) is 1.00. The number of rotatable bonds is 8. The molecule has 4 heteroatoms. The highest BCUT2D eigenvalue weighted by molar-refractivity contribution is 6.24. The van der Waals surface area contributed by atoms with Crippen LogP contribution in [-0.4, -0.2) is 28.4 Å². The Bertz CT molecular complexity index is 121. The van der Waals surface area contributed by atoms with E-state index in [9.17, 15) is 0 Å². The first-order chi connectivity index (χ1) is 6.63. The van der Waals surface area contributed by atoms with Crippen LogP contribution in [0.1, 0.15) is 40.5 Å². The van der Waals surface area contributed by atoms with E-state index >= 15 is 0 Å².